The molecule has 1 aromatic carbocycles. The van der Waals surface area contributed by atoms with Crippen LogP contribution in [0.2, 0.25) is 0 Å². The summed E-state index contributed by atoms with van der Waals surface area (Å²) in [6, 6.07) is 9.82. The molecule has 110 valence electrons. The van der Waals surface area contributed by atoms with Gasteiger partial charge in [0, 0.05) is 29.5 Å². The van der Waals surface area contributed by atoms with Crippen LogP contribution in [0, 0.1) is 6.92 Å². The van der Waals surface area contributed by atoms with Gasteiger partial charge in [0.2, 0.25) is 0 Å². The third-order valence-corrected chi connectivity index (χ3v) is 4.00. The number of rotatable bonds is 4. The molecule has 0 unspecified atom stereocenters. The Labute approximate surface area is 134 Å². The molecule has 0 N–H and O–H groups in total. The van der Waals surface area contributed by atoms with E-state index in [9.17, 15) is 4.79 Å². The Morgan fingerprint density at radius 3 is 2.71 bits per heavy atom. The molecule has 4 heteroatoms. The van der Waals surface area contributed by atoms with Crippen LogP contribution in [0.25, 0.3) is 0 Å². The van der Waals surface area contributed by atoms with E-state index in [0.717, 1.165) is 15.6 Å². The Morgan fingerprint density at radius 2 is 2.10 bits per heavy atom. The fourth-order valence-corrected chi connectivity index (χ4v) is 2.55. The lowest BCUT2D eigenvalue weighted by atomic mass is 10.1. The molecule has 2 rings (SSSR count). The van der Waals surface area contributed by atoms with Gasteiger partial charge in [-0.25, -0.2) is 0 Å². The van der Waals surface area contributed by atoms with Crippen molar-refractivity contribution in [3.8, 4) is 0 Å². The number of aryl methyl sites for hydroxylation is 1. The molecule has 1 heterocycles. The zero-order valence-electron chi connectivity index (χ0n) is 12.5. The second-order valence-electron chi connectivity index (χ2n) is 5.37. The van der Waals surface area contributed by atoms with Crippen molar-refractivity contribution in [1.82, 2.24) is 9.88 Å². The van der Waals surface area contributed by atoms with Crippen molar-refractivity contribution in [1.29, 1.82) is 0 Å². The lowest BCUT2D eigenvalue weighted by Crippen LogP contribution is -2.36. The maximum atomic E-state index is 12.8. The number of carbonyl (C=O) groups is 1. The first kappa shape index (κ1) is 15.7. The Morgan fingerprint density at radius 1 is 1.33 bits per heavy atom. The Balaban J connectivity index is 2.30. The number of hydrogen-bond donors (Lipinski definition) is 0. The number of hydrogen-bond acceptors (Lipinski definition) is 2. The quantitative estimate of drug-likeness (QED) is 0.830. The van der Waals surface area contributed by atoms with Crippen LogP contribution in [0.4, 0.5) is 0 Å². The van der Waals surface area contributed by atoms with Gasteiger partial charge in [0.15, 0.2) is 0 Å². The third kappa shape index (κ3) is 3.91. The van der Waals surface area contributed by atoms with Crippen LogP contribution in [-0.4, -0.2) is 21.8 Å². The summed E-state index contributed by atoms with van der Waals surface area (Å²) >= 11 is 3.47. The van der Waals surface area contributed by atoms with Crippen LogP contribution in [0.3, 0.4) is 0 Å². The molecule has 0 radical (unpaired) electrons. The van der Waals surface area contributed by atoms with Crippen molar-refractivity contribution >= 4 is 21.8 Å². The summed E-state index contributed by atoms with van der Waals surface area (Å²) in [5.74, 6) is 0.0319. The third-order valence-electron chi connectivity index (χ3n) is 3.31. The molecule has 3 nitrogen and oxygen atoms in total. The van der Waals surface area contributed by atoms with E-state index in [2.05, 4.69) is 20.9 Å². The zero-order valence-corrected chi connectivity index (χ0v) is 14.1. The van der Waals surface area contributed by atoms with Crippen molar-refractivity contribution < 1.29 is 4.79 Å². The SMILES string of the molecule is Cc1ccc(Br)c(C(=O)N(Cc2cccnc2)C(C)C)c1. The minimum absolute atomic E-state index is 0.0319. The lowest BCUT2D eigenvalue weighted by Gasteiger charge is -2.27. The van der Waals surface area contributed by atoms with Gasteiger partial charge in [0.05, 0.1) is 5.56 Å². The maximum Gasteiger partial charge on any atom is 0.255 e. The van der Waals surface area contributed by atoms with Gasteiger partial charge in [-0.1, -0.05) is 17.7 Å². The molecule has 0 saturated heterocycles. The largest absolute Gasteiger partial charge is 0.332 e. The topological polar surface area (TPSA) is 33.2 Å². The summed E-state index contributed by atoms with van der Waals surface area (Å²) in [7, 11) is 0. The van der Waals surface area contributed by atoms with Crippen molar-refractivity contribution in [3.05, 3.63) is 63.9 Å². The highest BCUT2D eigenvalue weighted by Gasteiger charge is 2.21. The highest BCUT2D eigenvalue weighted by molar-refractivity contribution is 9.10. The van der Waals surface area contributed by atoms with E-state index >= 15 is 0 Å². The standard InChI is InChI=1S/C17H19BrN2O/c1-12(2)20(11-14-5-4-8-19-10-14)17(21)15-9-13(3)6-7-16(15)18/h4-10,12H,11H2,1-3H3. The predicted octanol–water partition coefficient (Wildman–Crippen LogP) is 4.20. The lowest BCUT2D eigenvalue weighted by molar-refractivity contribution is 0.0689. The van der Waals surface area contributed by atoms with Gasteiger partial charge in [0.1, 0.15) is 0 Å². The minimum atomic E-state index is 0.0319. The van der Waals surface area contributed by atoms with E-state index < -0.39 is 0 Å². The van der Waals surface area contributed by atoms with Crippen LogP contribution in [-0.2, 0) is 6.54 Å². The monoisotopic (exact) mass is 346 g/mol. The zero-order chi connectivity index (χ0) is 15.4. The van der Waals surface area contributed by atoms with Gasteiger partial charge in [-0.05, 0) is 60.5 Å². The average molecular weight is 347 g/mol. The molecular formula is C17H19BrN2O. The number of benzene rings is 1. The van der Waals surface area contributed by atoms with E-state index in [1.54, 1.807) is 12.4 Å². The van der Waals surface area contributed by atoms with E-state index in [0.29, 0.717) is 12.1 Å². The van der Waals surface area contributed by atoms with Crippen LogP contribution >= 0.6 is 15.9 Å². The predicted molar refractivity (Wildman–Crippen MR) is 88.1 cm³/mol. The van der Waals surface area contributed by atoms with Crippen molar-refractivity contribution in [2.75, 3.05) is 0 Å². The van der Waals surface area contributed by atoms with Crippen LogP contribution in [0.15, 0.2) is 47.2 Å². The van der Waals surface area contributed by atoms with E-state index in [1.165, 1.54) is 0 Å². The number of carbonyl (C=O) groups excluding carboxylic acids is 1. The molecule has 2 aromatic rings. The molecule has 0 saturated carbocycles. The van der Waals surface area contributed by atoms with Gasteiger partial charge in [-0.2, -0.15) is 0 Å². The second kappa shape index (κ2) is 6.85. The molecule has 0 aliphatic carbocycles. The second-order valence-corrected chi connectivity index (χ2v) is 6.23. The molecule has 21 heavy (non-hydrogen) atoms. The summed E-state index contributed by atoms with van der Waals surface area (Å²) in [5, 5.41) is 0. The first-order valence-electron chi connectivity index (χ1n) is 6.95. The molecule has 1 amide bonds. The van der Waals surface area contributed by atoms with Crippen LogP contribution in [0.5, 0.6) is 0 Å². The van der Waals surface area contributed by atoms with Crippen molar-refractivity contribution in [3.63, 3.8) is 0 Å². The number of aromatic nitrogens is 1. The van der Waals surface area contributed by atoms with Crippen LogP contribution < -0.4 is 0 Å². The fourth-order valence-electron chi connectivity index (χ4n) is 2.13. The Kier molecular flexibility index (Phi) is 5.12. The maximum absolute atomic E-state index is 12.8. The minimum Gasteiger partial charge on any atom is -0.332 e. The van der Waals surface area contributed by atoms with Gasteiger partial charge >= 0.3 is 0 Å². The first-order valence-corrected chi connectivity index (χ1v) is 7.74. The molecule has 0 spiro atoms. The van der Waals surface area contributed by atoms with Gasteiger partial charge in [-0.15, -0.1) is 0 Å². The molecule has 1 aromatic heterocycles. The molecule has 0 bridgehead atoms. The summed E-state index contributed by atoms with van der Waals surface area (Å²) in [6.45, 7) is 6.60. The summed E-state index contributed by atoms with van der Waals surface area (Å²) < 4.78 is 0.829. The highest BCUT2D eigenvalue weighted by Crippen LogP contribution is 2.22. The van der Waals surface area contributed by atoms with Gasteiger partial charge < -0.3 is 4.90 Å². The molecule has 0 fully saturated rings. The Hall–Kier alpha value is -1.68. The average Bonchev–Trinajstić information content (AvgIpc) is 2.47. The van der Waals surface area contributed by atoms with Crippen LogP contribution in [0.1, 0.15) is 35.3 Å². The molecule has 0 aliphatic rings. The first-order chi connectivity index (χ1) is 9.99. The van der Waals surface area contributed by atoms with Crippen molar-refractivity contribution in [2.45, 2.75) is 33.4 Å². The summed E-state index contributed by atoms with van der Waals surface area (Å²) in [4.78, 5) is 18.8. The number of pyridine rings is 1. The number of amides is 1. The Bertz CT molecular complexity index is 626. The normalized spacial score (nSPS) is 10.7. The fraction of sp³-hybridized carbons (Fsp3) is 0.294. The van der Waals surface area contributed by atoms with Crippen molar-refractivity contribution in [2.24, 2.45) is 0 Å². The highest BCUT2D eigenvalue weighted by atomic mass is 79.9. The summed E-state index contributed by atoms with van der Waals surface area (Å²) in [6.07, 6.45) is 3.54. The van der Waals surface area contributed by atoms with Gasteiger partial charge in [-0.3, -0.25) is 9.78 Å². The molecule has 0 atom stereocenters. The number of halogens is 1. The van der Waals surface area contributed by atoms with E-state index in [1.807, 2.05) is 56.0 Å². The van der Waals surface area contributed by atoms with Gasteiger partial charge in [0.25, 0.3) is 5.91 Å². The van der Waals surface area contributed by atoms with E-state index in [4.69, 9.17) is 0 Å². The molecular weight excluding hydrogens is 328 g/mol. The van der Waals surface area contributed by atoms with E-state index in [-0.39, 0.29) is 11.9 Å². The summed E-state index contributed by atoms with van der Waals surface area (Å²) in [5.41, 5.74) is 2.81. The smallest absolute Gasteiger partial charge is 0.255 e. The number of nitrogens with zero attached hydrogens (tertiary/aromatic N) is 2. The molecule has 0 aliphatic heterocycles.